The number of benzene rings is 1. The Bertz CT molecular complexity index is 836. The number of methoxy groups -OCH3 is 1. The summed E-state index contributed by atoms with van der Waals surface area (Å²) in [5.74, 6) is 1.16. The van der Waals surface area contributed by atoms with Gasteiger partial charge in [-0.25, -0.2) is 0 Å². The topological polar surface area (TPSA) is 59.4 Å². The highest BCUT2D eigenvalue weighted by molar-refractivity contribution is 6.31. The summed E-state index contributed by atoms with van der Waals surface area (Å²) in [4.78, 5) is 14.9. The third-order valence-electron chi connectivity index (χ3n) is 5.58. The molecule has 29 heavy (non-hydrogen) atoms. The first kappa shape index (κ1) is 21.7. The molecule has 3 rings (SSSR count). The van der Waals surface area contributed by atoms with Gasteiger partial charge in [0.05, 0.1) is 18.5 Å². The van der Waals surface area contributed by atoms with E-state index in [1.165, 1.54) is 18.4 Å². The number of aryl methyl sites for hydroxylation is 2. The van der Waals surface area contributed by atoms with Gasteiger partial charge in [0, 0.05) is 42.8 Å². The van der Waals surface area contributed by atoms with Gasteiger partial charge < -0.3 is 10.1 Å². The van der Waals surface area contributed by atoms with Crippen LogP contribution in [0.15, 0.2) is 24.4 Å². The highest BCUT2D eigenvalue weighted by Gasteiger charge is 2.22. The lowest BCUT2D eigenvalue weighted by Crippen LogP contribution is -2.35. The van der Waals surface area contributed by atoms with Crippen LogP contribution < -0.4 is 10.1 Å². The molecule has 1 unspecified atom stereocenters. The summed E-state index contributed by atoms with van der Waals surface area (Å²) >= 11 is 6.04. The number of piperidine rings is 1. The molecule has 158 valence electrons. The molecule has 1 N–H and O–H groups in total. The van der Waals surface area contributed by atoms with Gasteiger partial charge in [-0.15, -0.1) is 0 Å². The molecule has 1 saturated heterocycles. The second-order valence-electron chi connectivity index (χ2n) is 7.77. The van der Waals surface area contributed by atoms with Crippen molar-refractivity contribution in [1.82, 2.24) is 14.7 Å². The summed E-state index contributed by atoms with van der Waals surface area (Å²) in [5.41, 5.74) is 3.04. The number of nitrogens with zero attached hydrogens (tertiary/aromatic N) is 3. The highest BCUT2D eigenvalue weighted by Crippen LogP contribution is 2.28. The van der Waals surface area contributed by atoms with E-state index < -0.39 is 0 Å². The van der Waals surface area contributed by atoms with E-state index in [2.05, 4.69) is 35.4 Å². The summed E-state index contributed by atoms with van der Waals surface area (Å²) in [6.45, 7) is 8.17. The SMILES string of the molecule is CCn1cc(CN2CCCC(CCC(=O)Nc3cc(Cl)ccc3OC)C2)c(C)n1. The van der Waals surface area contributed by atoms with Gasteiger partial charge in [0.1, 0.15) is 5.75 Å². The molecule has 2 aromatic rings. The van der Waals surface area contributed by atoms with Crippen molar-refractivity contribution >= 4 is 23.2 Å². The average Bonchev–Trinajstić information content (AvgIpc) is 3.06. The van der Waals surface area contributed by atoms with Crippen molar-refractivity contribution < 1.29 is 9.53 Å². The Balaban J connectivity index is 1.49. The molecule has 1 aliphatic rings. The van der Waals surface area contributed by atoms with Gasteiger partial charge in [-0.2, -0.15) is 5.10 Å². The zero-order valence-electron chi connectivity index (χ0n) is 17.6. The number of amides is 1. The average molecular weight is 419 g/mol. The molecule has 1 atom stereocenters. The number of hydrogen-bond acceptors (Lipinski definition) is 4. The molecule has 0 saturated carbocycles. The summed E-state index contributed by atoms with van der Waals surface area (Å²) in [6.07, 6.45) is 5.90. The Morgan fingerprint density at radius 2 is 2.24 bits per heavy atom. The number of nitrogens with one attached hydrogen (secondary N) is 1. The van der Waals surface area contributed by atoms with E-state index in [0.29, 0.717) is 28.8 Å². The maximum Gasteiger partial charge on any atom is 0.224 e. The van der Waals surface area contributed by atoms with E-state index in [1.54, 1.807) is 25.3 Å². The van der Waals surface area contributed by atoms with Crippen LogP contribution in [0, 0.1) is 12.8 Å². The van der Waals surface area contributed by atoms with Gasteiger partial charge in [0.2, 0.25) is 5.91 Å². The van der Waals surface area contributed by atoms with Gasteiger partial charge in [-0.05, 0) is 63.8 Å². The first-order chi connectivity index (χ1) is 14.0. The minimum atomic E-state index is 0.00255. The van der Waals surface area contributed by atoms with Crippen molar-refractivity contribution in [3.63, 3.8) is 0 Å². The number of aromatic nitrogens is 2. The van der Waals surface area contributed by atoms with E-state index in [-0.39, 0.29) is 5.91 Å². The second kappa shape index (κ2) is 10.1. The zero-order valence-corrected chi connectivity index (χ0v) is 18.3. The van der Waals surface area contributed by atoms with E-state index >= 15 is 0 Å². The zero-order chi connectivity index (χ0) is 20.8. The minimum Gasteiger partial charge on any atom is -0.495 e. The number of halogens is 1. The fraction of sp³-hybridized carbons (Fsp3) is 0.545. The predicted molar refractivity (Wildman–Crippen MR) is 117 cm³/mol. The number of carbonyl (C=O) groups is 1. The smallest absolute Gasteiger partial charge is 0.224 e. The first-order valence-corrected chi connectivity index (χ1v) is 10.7. The summed E-state index contributed by atoms with van der Waals surface area (Å²) in [6, 6.07) is 5.23. The van der Waals surface area contributed by atoms with Crippen LogP contribution in [-0.2, 0) is 17.9 Å². The summed E-state index contributed by atoms with van der Waals surface area (Å²) < 4.78 is 7.30. The fourth-order valence-electron chi connectivity index (χ4n) is 3.97. The van der Waals surface area contributed by atoms with E-state index in [4.69, 9.17) is 16.3 Å². The van der Waals surface area contributed by atoms with Crippen LogP contribution in [0.3, 0.4) is 0 Å². The highest BCUT2D eigenvalue weighted by atomic mass is 35.5. The third-order valence-corrected chi connectivity index (χ3v) is 5.82. The number of anilines is 1. The molecule has 0 aliphatic carbocycles. The minimum absolute atomic E-state index is 0.00255. The molecule has 2 heterocycles. The molecule has 0 spiro atoms. The predicted octanol–water partition coefficient (Wildman–Crippen LogP) is 4.50. The fourth-order valence-corrected chi connectivity index (χ4v) is 4.15. The molecule has 6 nitrogen and oxygen atoms in total. The lowest BCUT2D eigenvalue weighted by Gasteiger charge is -2.32. The van der Waals surface area contributed by atoms with Crippen molar-refractivity contribution in [2.45, 2.75) is 52.6 Å². The van der Waals surface area contributed by atoms with E-state index in [1.807, 2.05) is 4.68 Å². The van der Waals surface area contributed by atoms with E-state index in [9.17, 15) is 4.79 Å². The standard InChI is InChI=1S/C22H31ClN4O2/c1-4-27-15-18(16(2)25-27)14-26-11-5-6-17(13-26)7-10-22(28)24-20-12-19(23)8-9-21(20)29-3/h8-9,12,15,17H,4-7,10-11,13-14H2,1-3H3,(H,24,28). The Morgan fingerprint density at radius 3 is 2.97 bits per heavy atom. The van der Waals surface area contributed by atoms with Crippen LogP contribution in [0.2, 0.25) is 5.02 Å². The normalized spacial score (nSPS) is 17.3. The van der Waals surface area contributed by atoms with Crippen molar-refractivity contribution in [3.8, 4) is 5.75 Å². The van der Waals surface area contributed by atoms with Crippen LogP contribution in [-0.4, -0.2) is 40.8 Å². The van der Waals surface area contributed by atoms with Gasteiger partial charge >= 0.3 is 0 Å². The number of likely N-dealkylation sites (tertiary alicyclic amines) is 1. The molecule has 1 amide bonds. The molecule has 0 radical (unpaired) electrons. The molecule has 1 aromatic carbocycles. The largest absolute Gasteiger partial charge is 0.495 e. The Kier molecular flexibility index (Phi) is 7.56. The van der Waals surface area contributed by atoms with Gasteiger partial charge in [-0.3, -0.25) is 14.4 Å². The second-order valence-corrected chi connectivity index (χ2v) is 8.21. The maximum absolute atomic E-state index is 12.5. The lowest BCUT2D eigenvalue weighted by atomic mass is 9.93. The van der Waals surface area contributed by atoms with Crippen molar-refractivity contribution in [2.75, 3.05) is 25.5 Å². The third kappa shape index (κ3) is 5.97. The molecule has 0 bridgehead atoms. The van der Waals surface area contributed by atoms with Crippen LogP contribution in [0.1, 0.15) is 43.9 Å². The Hall–Kier alpha value is -2.05. The molecule has 1 aromatic heterocycles. The van der Waals surface area contributed by atoms with Crippen molar-refractivity contribution in [3.05, 3.63) is 40.7 Å². The van der Waals surface area contributed by atoms with Gasteiger partial charge in [0.15, 0.2) is 0 Å². The molecule has 7 heteroatoms. The number of ether oxygens (including phenoxy) is 1. The molecule has 1 aliphatic heterocycles. The number of hydrogen-bond donors (Lipinski definition) is 1. The number of rotatable bonds is 8. The van der Waals surface area contributed by atoms with Crippen molar-refractivity contribution in [1.29, 1.82) is 0 Å². The van der Waals surface area contributed by atoms with Crippen LogP contribution in [0.4, 0.5) is 5.69 Å². The lowest BCUT2D eigenvalue weighted by molar-refractivity contribution is -0.116. The summed E-state index contributed by atoms with van der Waals surface area (Å²) in [5, 5.41) is 8.06. The summed E-state index contributed by atoms with van der Waals surface area (Å²) in [7, 11) is 1.58. The molecular formula is C22H31ClN4O2. The first-order valence-electron chi connectivity index (χ1n) is 10.4. The van der Waals surface area contributed by atoms with Gasteiger partial charge in [0.25, 0.3) is 0 Å². The van der Waals surface area contributed by atoms with Crippen LogP contribution in [0.5, 0.6) is 5.75 Å². The van der Waals surface area contributed by atoms with Crippen LogP contribution >= 0.6 is 11.6 Å². The van der Waals surface area contributed by atoms with Crippen molar-refractivity contribution in [2.24, 2.45) is 5.92 Å². The van der Waals surface area contributed by atoms with Gasteiger partial charge in [-0.1, -0.05) is 11.6 Å². The quantitative estimate of drug-likeness (QED) is 0.685. The molecule has 1 fully saturated rings. The number of carbonyl (C=O) groups excluding carboxylic acids is 1. The monoisotopic (exact) mass is 418 g/mol. The Morgan fingerprint density at radius 1 is 1.41 bits per heavy atom. The Labute approximate surface area is 178 Å². The van der Waals surface area contributed by atoms with Crippen LogP contribution in [0.25, 0.3) is 0 Å². The maximum atomic E-state index is 12.5. The van der Waals surface area contributed by atoms with E-state index in [0.717, 1.165) is 38.3 Å². The molecular weight excluding hydrogens is 388 g/mol.